The Morgan fingerprint density at radius 1 is 1.31 bits per heavy atom. The number of nitrogens with one attached hydrogen (secondary N) is 1. The van der Waals surface area contributed by atoms with Gasteiger partial charge in [-0.3, -0.25) is 4.79 Å². The summed E-state index contributed by atoms with van der Waals surface area (Å²) in [4.78, 5) is 19.4. The summed E-state index contributed by atoms with van der Waals surface area (Å²) in [5.41, 5.74) is 7.21. The fourth-order valence-electron chi connectivity index (χ4n) is 2.39. The monoisotopic (exact) mass is 394 g/mol. The van der Waals surface area contributed by atoms with Gasteiger partial charge in [-0.25, -0.2) is 9.50 Å². The molecule has 0 fully saturated rings. The van der Waals surface area contributed by atoms with Crippen molar-refractivity contribution >= 4 is 24.1 Å². The molecule has 0 bridgehead atoms. The molecule has 2 heterocycles. The normalized spacial score (nSPS) is 12.7. The molecule has 26 heavy (non-hydrogen) atoms. The van der Waals surface area contributed by atoms with Crippen LogP contribution in [0.1, 0.15) is 36.1 Å². The van der Waals surface area contributed by atoms with Crippen molar-refractivity contribution in [3.8, 4) is 0 Å². The van der Waals surface area contributed by atoms with Crippen LogP contribution in [0.25, 0.3) is 5.78 Å². The van der Waals surface area contributed by atoms with Crippen molar-refractivity contribution in [2.45, 2.75) is 39.8 Å². The maximum absolute atomic E-state index is 12.8. The average Bonchev–Trinajstić information content (AvgIpc) is 2.96. The van der Waals surface area contributed by atoms with Crippen LogP contribution >= 0.6 is 12.4 Å². The third-order valence-electron chi connectivity index (χ3n) is 3.95. The number of fused-ring (bicyclic) bond motifs is 1. The highest BCUT2D eigenvalue weighted by atomic mass is 35.5. The predicted molar refractivity (Wildman–Crippen MR) is 92.1 cm³/mol. The van der Waals surface area contributed by atoms with E-state index in [1.54, 1.807) is 13.8 Å². The summed E-state index contributed by atoms with van der Waals surface area (Å²) in [6, 6.07) is 0. The SMILES string of the molecule is Cc1nc2nc(C(F)(F)F)nn2c(C)c1CCC(=O)NCC(C)CN.Cl. The first-order chi connectivity index (χ1) is 11.6. The van der Waals surface area contributed by atoms with Crippen LogP contribution in [-0.2, 0) is 17.4 Å². The third kappa shape index (κ3) is 5.04. The Hall–Kier alpha value is -1.94. The lowest BCUT2D eigenvalue weighted by Crippen LogP contribution is -2.31. The summed E-state index contributed by atoms with van der Waals surface area (Å²) in [5, 5.41) is 6.27. The Morgan fingerprint density at radius 3 is 2.54 bits per heavy atom. The first-order valence-electron chi connectivity index (χ1n) is 7.90. The van der Waals surface area contributed by atoms with Crippen LogP contribution in [0.5, 0.6) is 0 Å². The van der Waals surface area contributed by atoms with Crippen molar-refractivity contribution < 1.29 is 18.0 Å². The zero-order valence-electron chi connectivity index (χ0n) is 14.7. The Labute approximate surface area is 155 Å². The highest BCUT2D eigenvalue weighted by Crippen LogP contribution is 2.27. The molecule has 0 radical (unpaired) electrons. The summed E-state index contributed by atoms with van der Waals surface area (Å²) >= 11 is 0. The van der Waals surface area contributed by atoms with E-state index in [4.69, 9.17) is 5.73 Å². The molecule has 0 aliphatic heterocycles. The van der Waals surface area contributed by atoms with Gasteiger partial charge in [0.25, 0.3) is 11.6 Å². The molecule has 2 rings (SSSR count). The molecule has 2 aromatic rings. The summed E-state index contributed by atoms with van der Waals surface area (Å²) in [7, 11) is 0. The molecule has 3 N–H and O–H groups in total. The molecule has 11 heteroatoms. The smallest absolute Gasteiger partial charge is 0.356 e. The van der Waals surface area contributed by atoms with Gasteiger partial charge in [-0.1, -0.05) is 6.92 Å². The van der Waals surface area contributed by atoms with Gasteiger partial charge in [0.2, 0.25) is 5.91 Å². The minimum absolute atomic E-state index is 0. The van der Waals surface area contributed by atoms with Gasteiger partial charge in [-0.2, -0.15) is 18.2 Å². The van der Waals surface area contributed by atoms with Gasteiger partial charge >= 0.3 is 6.18 Å². The van der Waals surface area contributed by atoms with Crippen molar-refractivity contribution in [1.82, 2.24) is 24.9 Å². The highest BCUT2D eigenvalue weighted by molar-refractivity contribution is 5.85. The molecule has 0 saturated heterocycles. The molecule has 0 aliphatic carbocycles. The lowest BCUT2D eigenvalue weighted by atomic mass is 10.1. The molecule has 0 aromatic carbocycles. The van der Waals surface area contributed by atoms with Crippen molar-refractivity contribution in [3.63, 3.8) is 0 Å². The van der Waals surface area contributed by atoms with Crippen LogP contribution in [-0.4, -0.2) is 38.6 Å². The minimum atomic E-state index is -4.63. The molecule has 0 spiro atoms. The van der Waals surface area contributed by atoms with E-state index >= 15 is 0 Å². The lowest BCUT2D eigenvalue weighted by molar-refractivity contribution is -0.144. The largest absolute Gasteiger partial charge is 0.453 e. The van der Waals surface area contributed by atoms with Crippen LogP contribution in [0, 0.1) is 19.8 Å². The van der Waals surface area contributed by atoms with Crippen LogP contribution in [0.3, 0.4) is 0 Å². The topological polar surface area (TPSA) is 98.2 Å². The van der Waals surface area contributed by atoms with Gasteiger partial charge in [0.15, 0.2) is 0 Å². The Morgan fingerprint density at radius 2 is 1.96 bits per heavy atom. The molecule has 146 valence electrons. The van der Waals surface area contributed by atoms with Gasteiger partial charge in [0, 0.05) is 24.4 Å². The van der Waals surface area contributed by atoms with Crippen molar-refractivity contribution in [2.24, 2.45) is 11.7 Å². The molecule has 1 atom stereocenters. The van der Waals surface area contributed by atoms with Crippen LogP contribution < -0.4 is 11.1 Å². The van der Waals surface area contributed by atoms with Gasteiger partial charge in [-0.15, -0.1) is 17.5 Å². The summed E-state index contributed by atoms with van der Waals surface area (Å²) in [5.74, 6) is -1.30. The van der Waals surface area contributed by atoms with Gasteiger partial charge < -0.3 is 11.1 Å². The van der Waals surface area contributed by atoms with Crippen LogP contribution in [0.4, 0.5) is 13.2 Å². The van der Waals surface area contributed by atoms with E-state index in [1.165, 1.54) is 0 Å². The zero-order chi connectivity index (χ0) is 18.8. The van der Waals surface area contributed by atoms with Gasteiger partial charge in [0.1, 0.15) is 0 Å². The minimum Gasteiger partial charge on any atom is -0.356 e. The number of aromatic nitrogens is 4. The van der Waals surface area contributed by atoms with E-state index in [9.17, 15) is 18.0 Å². The average molecular weight is 395 g/mol. The van der Waals surface area contributed by atoms with Gasteiger partial charge in [0.05, 0.1) is 0 Å². The van der Waals surface area contributed by atoms with E-state index in [0.29, 0.717) is 36.5 Å². The summed E-state index contributed by atoms with van der Waals surface area (Å²) in [6.45, 7) is 6.21. The Balaban J connectivity index is 0.00000338. The van der Waals surface area contributed by atoms with Crippen LogP contribution in [0.15, 0.2) is 0 Å². The summed E-state index contributed by atoms with van der Waals surface area (Å²) in [6.07, 6.45) is -4.08. The fourth-order valence-corrected chi connectivity index (χ4v) is 2.39. The maximum Gasteiger partial charge on any atom is 0.453 e. The zero-order valence-corrected chi connectivity index (χ0v) is 15.5. The number of hydrogen-bond donors (Lipinski definition) is 2. The second-order valence-electron chi connectivity index (χ2n) is 6.05. The first-order valence-corrected chi connectivity index (χ1v) is 7.90. The number of carbonyl (C=O) groups excluding carboxylic acids is 1. The van der Waals surface area contributed by atoms with E-state index in [-0.39, 0.29) is 36.4 Å². The highest BCUT2D eigenvalue weighted by Gasteiger charge is 2.36. The number of alkyl halides is 3. The van der Waals surface area contributed by atoms with E-state index < -0.39 is 12.0 Å². The molecule has 0 saturated carbocycles. The van der Waals surface area contributed by atoms with E-state index in [2.05, 4.69) is 20.4 Å². The number of halogens is 4. The van der Waals surface area contributed by atoms with E-state index in [0.717, 1.165) is 4.52 Å². The van der Waals surface area contributed by atoms with E-state index in [1.807, 2.05) is 6.92 Å². The number of amides is 1. The van der Waals surface area contributed by atoms with Crippen molar-refractivity contribution in [2.75, 3.05) is 13.1 Å². The molecule has 1 amide bonds. The van der Waals surface area contributed by atoms with Gasteiger partial charge in [-0.05, 0) is 38.3 Å². The van der Waals surface area contributed by atoms with Crippen molar-refractivity contribution in [3.05, 3.63) is 22.8 Å². The van der Waals surface area contributed by atoms with Crippen molar-refractivity contribution in [1.29, 1.82) is 0 Å². The second kappa shape index (κ2) is 8.63. The number of hydrogen-bond acceptors (Lipinski definition) is 5. The number of nitrogens with zero attached hydrogens (tertiary/aromatic N) is 4. The molecule has 1 unspecified atom stereocenters. The Kier molecular flexibility index (Phi) is 7.34. The molecular weight excluding hydrogens is 373 g/mol. The third-order valence-corrected chi connectivity index (χ3v) is 3.95. The predicted octanol–water partition coefficient (Wildman–Crippen LogP) is 1.83. The Bertz CT molecular complexity index is 777. The lowest BCUT2D eigenvalue weighted by Gasteiger charge is -2.12. The standard InChI is InChI=1S/C15H21F3N6O.ClH/c1-8(6-19)7-20-12(25)5-4-11-9(2)21-14-22-13(15(16,17)18)23-24(14)10(11)3;/h8H,4-7,19H2,1-3H3,(H,20,25);1H. The molecule has 7 nitrogen and oxygen atoms in total. The molecule has 2 aromatic heterocycles. The molecular formula is C15H22ClF3N6O. The maximum atomic E-state index is 12.8. The van der Waals surface area contributed by atoms with Crippen LogP contribution in [0.2, 0.25) is 0 Å². The number of aryl methyl sites for hydroxylation is 2. The number of carbonyl (C=O) groups is 1. The summed E-state index contributed by atoms with van der Waals surface area (Å²) < 4.78 is 39.4. The number of nitrogens with two attached hydrogens (primary N) is 1. The first kappa shape index (κ1) is 22.1. The fraction of sp³-hybridized carbons (Fsp3) is 0.600. The molecule has 0 aliphatic rings. The quantitative estimate of drug-likeness (QED) is 0.778. The second-order valence-corrected chi connectivity index (χ2v) is 6.05. The number of rotatable bonds is 6.